The molecule has 0 spiro atoms. The van der Waals surface area contributed by atoms with Gasteiger partial charge in [0.25, 0.3) is 0 Å². The summed E-state index contributed by atoms with van der Waals surface area (Å²) in [5.74, 6) is -2.45. The van der Waals surface area contributed by atoms with Crippen molar-refractivity contribution in [1.82, 2.24) is 10.3 Å². The van der Waals surface area contributed by atoms with Gasteiger partial charge < -0.3 is 10.4 Å². The van der Waals surface area contributed by atoms with Crippen molar-refractivity contribution < 1.29 is 14.7 Å². The SMILES string of the molecule is Cc1csc(CNC(=O)C(C)C(C)C(=O)O)n1. The van der Waals surface area contributed by atoms with Gasteiger partial charge in [-0.05, 0) is 6.92 Å². The maximum Gasteiger partial charge on any atom is 0.307 e. The van der Waals surface area contributed by atoms with Crippen molar-refractivity contribution in [2.45, 2.75) is 27.3 Å². The molecule has 1 aromatic heterocycles. The predicted molar refractivity (Wildman–Crippen MR) is 64.7 cm³/mol. The second kappa shape index (κ2) is 5.77. The summed E-state index contributed by atoms with van der Waals surface area (Å²) in [6.07, 6.45) is 0. The van der Waals surface area contributed by atoms with Crippen LogP contribution < -0.4 is 5.32 Å². The molecule has 2 N–H and O–H groups in total. The Balaban J connectivity index is 2.47. The predicted octanol–water partition coefficient (Wildman–Crippen LogP) is 1.42. The van der Waals surface area contributed by atoms with Crippen LogP contribution in [0.4, 0.5) is 0 Å². The molecule has 1 heterocycles. The number of aromatic nitrogens is 1. The van der Waals surface area contributed by atoms with E-state index in [9.17, 15) is 9.59 Å². The molecule has 2 atom stereocenters. The standard InChI is InChI=1S/C11H16N2O3S/c1-6-5-17-9(13-6)4-12-10(14)7(2)8(3)11(15)16/h5,7-8H,4H2,1-3H3,(H,12,14)(H,15,16). The number of aryl methyl sites for hydroxylation is 1. The average Bonchev–Trinajstić information content (AvgIpc) is 2.69. The molecule has 5 nitrogen and oxygen atoms in total. The second-order valence-electron chi connectivity index (χ2n) is 4.02. The first-order valence-electron chi connectivity index (χ1n) is 5.33. The van der Waals surface area contributed by atoms with Crippen LogP contribution in [0.15, 0.2) is 5.38 Å². The maximum absolute atomic E-state index is 11.7. The van der Waals surface area contributed by atoms with Crippen LogP contribution in [-0.4, -0.2) is 22.0 Å². The maximum atomic E-state index is 11.7. The summed E-state index contributed by atoms with van der Waals surface area (Å²) in [7, 11) is 0. The molecule has 2 unspecified atom stereocenters. The molecule has 0 fully saturated rings. The zero-order valence-electron chi connectivity index (χ0n) is 10.1. The number of nitrogens with zero attached hydrogens (tertiary/aromatic N) is 1. The van der Waals surface area contributed by atoms with Gasteiger partial charge in [0.15, 0.2) is 0 Å². The van der Waals surface area contributed by atoms with Crippen LogP contribution in [-0.2, 0) is 16.1 Å². The Kier molecular flexibility index (Phi) is 4.62. The van der Waals surface area contributed by atoms with Gasteiger partial charge in [-0.15, -0.1) is 11.3 Å². The normalized spacial score (nSPS) is 14.1. The lowest BCUT2D eigenvalue weighted by molar-refractivity contribution is -0.146. The topological polar surface area (TPSA) is 79.3 Å². The summed E-state index contributed by atoms with van der Waals surface area (Å²) in [6, 6.07) is 0. The highest BCUT2D eigenvalue weighted by Gasteiger charge is 2.25. The summed E-state index contributed by atoms with van der Waals surface area (Å²) in [5.41, 5.74) is 0.922. The molecule has 17 heavy (non-hydrogen) atoms. The summed E-state index contributed by atoms with van der Waals surface area (Å²) in [5, 5.41) is 14.2. The van der Waals surface area contributed by atoms with Gasteiger partial charge in [-0.1, -0.05) is 13.8 Å². The Labute approximate surface area is 104 Å². The highest BCUT2D eigenvalue weighted by Crippen LogP contribution is 2.12. The number of hydrogen-bond acceptors (Lipinski definition) is 4. The van der Waals surface area contributed by atoms with E-state index in [-0.39, 0.29) is 5.91 Å². The van der Waals surface area contributed by atoms with Crippen molar-refractivity contribution in [3.05, 3.63) is 16.1 Å². The van der Waals surface area contributed by atoms with E-state index in [4.69, 9.17) is 5.11 Å². The van der Waals surface area contributed by atoms with Crippen LogP contribution in [0, 0.1) is 18.8 Å². The van der Waals surface area contributed by atoms with E-state index in [2.05, 4.69) is 10.3 Å². The fourth-order valence-electron chi connectivity index (χ4n) is 1.25. The smallest absolute Gasteiger partial charge is 0.307 e. The molecule has 0 saturated carbocycles. The number of hydrogen-bond donors (Lipinski definition) is 2. The molecule has 0 saturated heterocycles. The molecule has 6 heteroatoms. The lowest BCUT2D eigenvalue weighted by atomic mass is 9.95. The molecular formula is C11H16N2O3S. The van der Waals surface area contributed by atoms with E-state index in [1.54, 1.807) is 6.92 Å². The minimum Gasteiger partial charge on any atom is -0.481 e. The molecule has 1 aromatic rings. The van der Waals surface area contributed by atoms with Crippen LogP contribution in [0.5, 0.6) is 0 Å². The Bertz CT molecular complexity index is 417. The van der Waals surface area contributed by atoms with E-state index < -0.39 is 17.8 Å². The molecule has 0 aromatic carbocycles. The van der Waals surface area contributed by atoms with Gasteiger partial charge in [-0.25, -0.2) is 4.98 Å². The fourth-order valence-corrected chi connectivity index (χ4v) is 1.96. The third-order valence-corrected chi connectivity index (χ3v) is 3.60. The number of carboxylic acid groups (broad SMARTS) is 1. The number of thiazole rings is 1. The average molecular weight is 256 g/mol. The van der Waals surface area contributed by atoms with E-state index >= 15 is 0 Å². The van der Waals surface area contributed by atoms with Crippen molar-refractivity contribution in [2.24, 2.45) is 11.8 Å². The highest BCUT2D eigenvalue weighted by molar-refractivity contribution is 7.09. The van der Waals surface area contributed by atoms with Gasteiger partial charge in [-0.3, -0.25) is 9.59 Å². The van der Waals surface area contributed by atoms with Crippen LogP contribution in [0.1, 0.15) is 24.5 Å². The third-order valence-electron chi connectivity index (χ3n) is 2.63. The van der Waals surface area contributed by atoms with Crippen molar-refractivity contribution in [3.63, 3.8) is 0 Å². The Morgan fingerprint density at radius 2 is 2.12 bits per heavy atom. The molecular weight excluding hydrogens is 240 g/mol. The molecule has 1 amide bonds. The Morgan fingerprint density at radius 1 is 1.47 bits per heavy atom. The van der Waals surface area contributed by atoms with Gasteiger partial charge in [0.2, 0.25) is 5.91 Å². The highest BCUT2D eigenvalue weighted by atomic mass is 32.1. The number of carboxylic acids is 1. The first-order chi connectivity index (χ1) is 7.91. The van der Waals surface area contributed by atoms with Crippen molar-refractivity contribution in [2.75, 3.05) is 0 Å². The number of nitrogens with one attached hydrogen (secondary N) is 1. The van der Waals surface area contributed by atoms with E-state index in [1.807, 2.05) is 12.3 Å². The summed E-state index contributed by atoms with van der Waals surface area (Å²) < 4.78 is 0. The quantitative estimate of drug-likeness (QED) is 0.835. The molecule has 1 rings (SSSR count). The van der Waals surface area contributed by atoms with Crippen LogP contribution in [0.2, 0.25) is 0 Å². The zero-order chi connectivity index (χ0) is 13.0. The molecule has 0 aliphatic carbocycles. The lowest BCUT2D eigenvalue weighted by Crippen LogP contribution is -2.34. The van der Waals surface area contributed by atoms with Gasteiger partial charge >= 0.3 is 5.97 Å². The lowest BCUT2D eigenvalue weighted by Gasteiger charge is -2.15. The Morgan fingerprint density at radius 3 is 2.59 bits per heavy atom. The summed E-state index contributed by atoms with van der Waals surface area (Å²) in [6.45, 7) is 5.38. The monoisotopic (exact) mass is 256 g/mol. The molecule has 94 valence electrons. The van der Waals surface area contributed by atoms with Crippen LogP contribution in [0.3, 0.4) is 0 Å². The zero-order valence-corrected chi connectivity index (χ0v) is 10.9. The third kappa shape index (κ3) is 3.81. The van der Waals surface area contributed by atoms with Crippen LogP contribution >= 0.6 is 11.3 Å². The molecule has 0 radical (unpaired) electrons. The Hall–Kier alpha value is -1.43. The first kappa shape index (κ1) is 13.6. The number of carbonyl (C=O) groups is 2. The number of aliphatic carboxylic acids is 1. The van der Waals surface area contributed by atoms with E-state index in [0.29, 0.717) is 6.54 Å². The van der Waals surface area contributed by atoms with Gasteiger partial charge in [0, 0.05) is 17.0 Å². The van der Waals surface area contributed by atoms with Gasteiger partial charge in [-0.2, -0.15) is 0 Å². The largest absolute Gasteiger partial charge is 0.481 e. The van der Waals surface area contributed by atoms with Crippen LogP contribution in [0.25, 0.3) is 0 Å². The summed E-state index contributed by atoms with van der Waals surface area (Å²) >= 11 is 1.48. The molecule has 0 aliphatic rings. The molecule has 0 bridgehead atoms. The van der Waals surface area contributed by atoms with Crippen molar-refractivity contribution in [3.8, 4) is 0 Å². The van der Waals surface area contributed by atoms with Gasteiger partial charge in [0.1, 0.15) is 5.01 Å². The number of rotatable bonds is 5. The first-order valence-corrected chi connectivity index (χ1v) is 6.21. The minimum absolute atomic E-state index is 0.257. The summed E-state index contributed by atoms with van der Waals surface area (Å²) in [4.78, 5) is 26.6. The fraction of sp³-hybridized carbons (Fsp3) is 0.545. The minimum atomic E-state index is -0.960. The van der Waals surface area contributed by atoms with Crippen molar-refractivity contribution in [1.29, 1.82) is 0 Å². The van der Waals surface area contributed by atoms with E-state index in [1.165, 1.54) is 18.3 Å². The number of carbonyl (C=O) groups excluding carboxylic acids is 1. The number of amides is 1. The second-order valence-corrected chi connectivity index (χ2v) is 4.96. The molecule has 0 aliphatic heterocycles. The van der Waals surface area contributed by atoms with Crippen molar-refractivity contribution >= 4 is 23.2 Å². The van der Waals surface area contributed by atoms with Gasteiger partial charge in [0.05, 0.1) is 12.5 Å². The van der Waals surface area contributed by atoms with E-state index in [0.717, 1.165) is 10.7 Å².